The van der Waals surface area contributed by atoms with Gasteiger partial charge in [0.2, 0.25) is 23.6 Å². The van der Waals surface area contributed by atoms with Gasteiger partial charge in [-0.25, -0.2) is 24.9 Å². The summed E-state index contributed by atoms with van der Waals surface area (Å²) < 4.78 is 14.6. The summed E-state index contributed by atoms with van der Waals surface area (Å²) in [6.45, 7) is 18.7. The molecule has 702 valence electrons. The van der Waals surface area contributed by atoms with Crippen molar-refractivity contribution in [2.75, 3.05) is 0 Å². The van der Waals surface area contributed by atoms with Crippen LogP contribution in [0.5, 0.6) is 0 Å². The largest absolute Gasteiger partial charge is 0.437 e. The monoisotopic (exact) mass is 1920 g/mol. The molecule has 0 saturated carbocycles. The Morgan fingerprint density at radius 3 is 1.01 bits per heavy atom. The minimum Gasteiger partial charge on any atom is -0.437 e. The van der Waals surface area contributed by atoms with Gasteiger partial charge >= 0.3 is 0 Å². The highest BCUT2D eigenvalue weighted by atomic mass is 32.1. The summed E-state index contributed by atoms with van der Waals surface area (Å²) in [7, 11) is 0. The van der Waals surface area contributed by atoms with Gasteiger partial charge in [-0.1, -0.05) is 377 Å². The van der Waals surface area contributed by atoms with Gasteiger partial charge in [-0.15, -0.1) is 11.3 Å². The van der Waals surface area contributed by atoms with Crippen molar-refractivity contribution >= 4 is 184 Å². The van der Waals surface area contributed by atoms with Crippen LogP contribution in [0.2, 0.25) is 0 Å². The van der Waals surface area contributed by atoms with E-state index in [2.05, 4.69) is 476 Å². The molecule has 21 aromatic carbocycles. The third-order valence-corrected chi connectivity index (χ3v) is 34.6. The predicted octanol–water partition coefficient (Wildman–Crippen LogP) is 36.1. The molecule has 10 nitrogen and oxygen atoms in total. The Morgan fingerprint density at radius 2 is 0.544 bits per heavy atom. The van der Waals surface area contributed by atoms with Gasteiger partial charge in [0, 0.05) is 97.1 Å². The van der Waals surface area contributed by atoms with Crippen LogP contribution in [0.4, 0.5) is 0 Å². The molecular formula is C138H93N9OS. The molecule has 0 fully saturated rings. The molecule has 8 heterocycles. The van der Waals surface area contributed by atoms with E-state index in [0.29, 0.717) is 23.6 Å². The molecule has 149 heavy (non-hydrogen) atoms. The molecule has 0 spiro atoms. The van der Waals surface area contributed by atoms with Crippen molar-refractivity contribution in [3.63, 3.8) is 0 Å². The smallest absolute Gasteiger partial charge is 0.238 e. The summed E-state index contributed by atoms with van der Waals surface area (Å²) in [5, 5.41) is 26.0. The lowest BCUT2D eigenvalue weighted by atomic mass is 9.81. The standard InChI is InChI=1S/C48H35N3.C45H29N3O.C45H29N3S/c1-47(2)38-19-11-9-17-33(38)34-22-21-32(25-40(34)47)44-43-35-18-10-12-20-39(35)48(3,4)45(43)50-46(49-44)51-41-26-30-15-7-5-13-28(30)23-36(41)37-24-29-14-6-8-16-31(29)27-42(37)51;1-45(2)36-17-9-7-15-31(36)32-20-19-30(23-37(32)45)42-41-33-16-8-10-18-40(33)49-43(41)47-44(46-42)48-38-24-28-13-5-3-11-26(28)21-34(38)35-22-27-12-4-6-14-29(27)25-39(35)48;1-45(2)35-17-9-7-15-31(35)32-21-19-29(24-36(32)45)42-41-33-16-8-10-18-39(33)49-43(41)47-44(46-42)48-37-22-20-26-11-5-6-14-30(26)40(37)34-23-27-12-3-4-13-28(27)25-38(34)48/h5-27H,1-4H3;2*3-25H,1-2H3. The Hall–Kier alpha value is -18.2. The number of thiophene rings is 1. The van der Waals surface area contributed by atoms with E-state index in [9.17, 15) is 0 Å². The van der Waals surface area contributed by atoms with E-state index in [1.54, 1.807) is 11.3 Å². The second-order valence-corrected chi connectivity index (χ2v) is 44.2. The molecule has 0 aliphatic heterocycles. The first-order valence-electron chi connectivity index (χ1n) is 51.6. The molecule has 8 aromatic heterocycles. The third-order valence-electron chi connectivity index (χ3n) is 33.5. The van der Waals surface area contributed by atoms with E-state index in [-0.39, 0.29) is 21.7 Å². The molecule has 11 heteroatoms. The van der Waals surface area contributed by atoms with Crippen molar-refractivity contribution in [3.8, 4) is 96.1 Å². The van der Waals surface area contributed by atoms with Gasteiger partial charge in [-0.3, -0.25) is 13.7 Å². The number of hydrogen-bond donors (Lipinski definition) is 0. The van der Waals surface area contributed by atoms with Crippen LogP contribution < -0.4 is 0 Å². The first-order valence-corrected chi connectivity index (χ1v) is 52.4. The highest BCUT2D eigenvalue weighted by Gasteiger charge is 2.44. The Bertz CT molecular complexity index is 10600. The van der Waals surface area contributed by atoms with Crippen LogP contribution in [0.3, 0.4) is 0 Å². The van der Waals surface area contributed by atoms with Crippen molar-refractivity contribution in [2.45, 2.75) is 77.0 Å². The quantitative estimate of drug-likeness (QED) is 0.163. The number of rotatable bonds is 6. The molecule has 4 aliphatic rings. The van der Waals surface area contributed by atoms with E-state index in [0.717, 1.165) is 105 Å². The lowest BCUT2D eigenvalue weighted by molar-refractivity contribution is 0.632. The summed E-state index contributed by atoms with van der Waals surface area (Å²) in [5.74, 6) is 2.00. The average molecular weight is 1930 g/mol. The van der Waals surface area contributed by atoms with Gasteiger partial charge in [0.15, 0.2) is 0 Å². The summed E-state index contributed by atoms with van der Waals surface area (Å²) in [6.07, 6.45) is 0. The van der Waals surface area contributed by atoms with Gasteiger partial charge in [0.25, 0.3) is 0 Å². The van der Waals surface area contributed by atoms with Crippen LogP contribution in [0.15, 0.2) is 423 Å². The van der Waals surface area contributed by atoms with Crippen molar-refractivity contribution in [2.24, 2.45) is 0 Å². The molecule has 0 radical (unpaired) electrons. The van der Waals surface area contributed by atoms with E-state index >= 15 is 0 Å². The minimum absolute atomic E-state index is 0.109. The van der Waals surface area contributed by atoms with Crippen LogP contribution in [0.25, 0.3) is 269 Å². The fourth-order valence-electron chi connectivity index (χ4n) is 26.1. The maximum Gasteiger partial charge on any atom is 0.238 e. The lowest BCUT2D eigenvalue weighted by Gasteiger charge is -2.23. The number of fused-ring (bicyclic) bond motifs is 34. The summed E-state index contributed by atoms with van der Waals surface area (Å²) in [4.78, 5) is 34.0. The second-order valence-electron chi connectivity index (χ2n) is 43.1. The third kappa shape index (κ3) is 12.4. The molecule has 4 aliphatic carbocycles. The number of nitrogens with zero attached hydrogens (tertiary/aromatic N) is 9. The molecule has 29 aromatic rings. The van der Waals surface area contributed by atoms with Crippen LogP contribution >= 0.6 is 11.3 Å². The molecule has 0 saturated heterocycles. The van der Waals surface area contributed by atoms with Gasteiger partial charge in [0.1, 0.15) is 10.4 Å². The van der Waals surface area contributed by atoms with Crippen LogP contribution in [0, 0.1) is 0 Å². The zero-order chi connectivity index (χ0) is 99.1. The van der Waals surface area contributed by atoms with Crippen molar-refractivity contribution < 1.29 is 4.42 Å². The van der Waals surface area contributed by atoms with Crippen LogP contribution in [0.1, 0.15) is 100 Å². The van der Waals surface area contributed by atoms with E-state index < -0.39 is 0 Å². The maximum atomic E-state index is 6.54. The Balaban J connectivity index is 0.000000101. The van der Waals surface area contributed by atoms with E-state index in [4.69, 9.17) is 34.3 Å². The molecule has 0 bridgehead atoms. The Kier molecular flexibility index (Phi) is 17.9. The second kappa shape index (κ2) is 31.2. The van der Waals surface area contributed by atoms with Crippen LogP contribution in [-0.2, 0) is 21.7 Å². The Morgan fingerprint density at radius 1 is 0.215 bits per heavy atom. The summed E-state index contributed by atoms with van der Waals surface area (Å²) >= 11 is 1.75. The van der Waals surface area contributed by atoms with Crippen molar-refractivity contribution in [1.29, 1.82) is 0 Å². The maximum absolute atomic E-state index is 6.54. The fraction of sp³-hybridized carbons (Fsp3) is 0.0870. The van der Waals surface area contributed by atoms with Crippen molar-refractivity contribution in [1.82, 2.24) is 43.6 Å². The van der Waals surface area contributed by atoms with Gasteiger partial charge < -0.3 is 4.42 Å². The number of furan rings is 1. The van der Waals surface area contributed by atoms with Crippen LogP contribution in [-0.4, -0.2) is 43.6 Å². The van der Waals surface area contributed by atoms with Gasteiger partial charge in [-0.2, -0.15) is 4.98 Å². The highest BCUT2D eigenvalue weighted by Crippen LogP contribution is 2.58. The molecule has 0 N–H and O–H groups in total. The average Bonchev–Trinajstić information content (AvgIpc) is 1.54. The zero-order valence-electron chi connectivity index (χ0n) is 83.2. The number of para-hydroxylation sites is 1. The first kappa shape index (κ1) is 85.3. The van der Waals surface area contributed by atoms with Gasteiger partial charge in [0.05, 0.1) is 61.3 Å². The fourth-order valence-corrected chi connectivity index (χ4v) is 27.2. The summed E-state index contributed by atoms with van der Waals surface area (Å²) in [6, 6.07) is 152. The number of hydrogen-bond acceptors (Lipinski definition) is 8. The first-order chi connectivity index (χ1) is 72.9. The topological polar surface area (TPSA) is 105 Å². The molecule has 0 amide bonds. The lowest BCUT2D eigenvalue weighted by Crippen LogP contribution is -2.19. The molecule has 33 rings (SSSR count). The minimum atomic E-state index is -0.303. The molecular weight excluding hydrogens is 1830 g/mol. The molecule has 0 unspecified atom stereocenters. The predicted molar refractivity (Wildman–Crippen MR) is 621 cm³/mol. The number of aromatic nitrogens is 9. The number of benzene rings is 21. The zero-order valence-corrected chi connectivity index (χ0v) is 84.0. The molecule has 0 atom stereocenters. The summed E-state index contributed by atoms with van der Waals surface area (Å²) in [5.41, 5.74) is 34.1. The normalized spacial score (nSPS) is 14.1. The van der Waals surface area contributed by atoms with E-state index in [1.807, 2.05) is 12.1 Å². The van der Waals surface area contributed by atoms with Crippen molar-refractivity contribution in [3.05, 3.63) is 463 Å². The highest BCUT2D eigenvalue weighted by molar-refractivity contribution is 7.25. The van der Waals surface area contributed by atoms with Gasteiger partial charge in [-0.05, 0) is 240 Å². The Labute approximate surface area is 861 Å². The van der Waals surface area contributed by atoms with E-state index in [1.165, 1.54) is 185 Å². The SMILES string of the molecule is CC1(C)c2ccccc2-c2ccc(-c3nc(-n4c5cc6ccccc6cc5c5c6ccccc6ccc54)nc4sc5ccccc5c34)cc21.CC1(C)c2ccccc2-c2ccc(-c3nc(-n4c5cc6ccccc6cc5c5cc6ccccc6cc54)nc4c3-c3ccccc3C4(C)C)cc21.CC1(C)c2ccccc2-c2ccc(-c3nc(-n4c5cc6ccccc6cc5c5cc6ccccc6cc54)nc4oc5ccccc5c34)cc21.